The van der Waals surface area contributed by atoms with E-state index >= 15 is 0 Å². The zero-order chi connectivity index (χ0) is 14.1. The molecule has 18 heavy (non-hydrogen) atoms. The van der Waals surface area contributed by atoms with Gasteiger partial charge in [0.05, 0.1) is 0 Å². The van der Waals surface area contributed by atoms with Crippen molar-refractivity contribution in [1.82, 2.24) is 10.2 Å². The Bertz CT molecular complexity index is 435. The van der Waals surface area contributed by atoms with Gasteiger partial charge >= 0.3 is 108 Å². The predicted molar refractivity (Wildman–Crippen MR) is 73.6 cm³/mol. The molecule has 1 rings (SSSR count). The molecular formula is C12H23N2O3Si-. The first-order chi connectivity index (χ1) is 8.04. The second-order valence-corrected chi connectivity index (χ2v) is 11.9. The summed E-state index contributed by atoms with van der Waals surface area (Å²) in [4.78, 5) is 10.8. The number of nitrogens with one attached hydrogen (secondary N) is 1. The van der Waals surface area contributed by atoms with E-state index in [1.54, 1.807) is 0 Å². The number of hydrogen-bond donors (Lipinski definition) is 2. The number of carbonyl (C=O) groups is 1. The zero-order valence-electron chi connectivity index (χ0n) is 11.9. The molecule has 0 amide bonds. The van der Waals surface area contributed by atoms with Crippen LogP contribution in [-0.4, -0.2) is 29.6 Å². The molecule has 1 aromatic heterocycles. The Hall–Kier alpha value is -1.14. The van der Waals surface area contributed by atoms with Crippen molar-refractivity contribution < 1.29 is 14.3 Å². The molecule has 5 nitrogen and oxygen atoms in total. The molecule has 0 spiro atoms. The maximum absolute atomic E-state index is 10.8. The Morgan fingerprint density at radius 1 is 1.50 bits per heavy atom. The third-order valence-corrected chi connectivity index (χ3v) is 9.14. The summed E-state index contributed by atoms with van der Waals surface area (Å²) < 4.78 is 6.18. The van der Waals surface area contributed by atoms with Crippen LogP contribution < -0.4 is 0 Å². The molecule has 0 aliphatic heterocycles. The number of hydrogen-bond acceptors (Lipinski definition) is 3. The number of H-pyrrole nitrogens is 1. The van der Waals surface area contributed by atoms with Crippen LogP contribution in [0.15, 0.2) is 6.07 Å². The average molecular weight is 271 g/mol. The molecule has 0 saturated carbocycles. The summed E-state index contributed by atoms with van der Waals surface area (Å²) in [6, 6.07) is 1.53. The van der Waals surface area contributed by atoms with Crippen LogP contribution in [0.5, 0.6) is 0 Å². The fourth-order valence-electron chi connectivity index (χ4n) is 1.44. The second-order valence-electron chi connectivity index (χ2n) is 6.40. The summed E-state index contributed by atoms with van der Waals surface area (Å²) in [6.45, 7) is 12.8. The van der Waals surface area contributed by atoms with E-state index in [1.807, 2.05) is 6.92 Å². The number of nitrogens with zero attached hydrogens (tertiary/aromatic N) is 1. The van der Waals surface area contributed by atoms with E-state index in [0.29, 0.717) is 5.69 Å². The molecular weight excluding hydrogens is 248 g/mol. The van der Waals surface area contributed by atoms with Gasteiger partial charge in [-0.15, -0.1) is 0 Å². The van der Waals surface area contributed by atoms with E-state index in [9.17, 15) is 4.79 Å². The van der Waals surface area contributed by atoms with Crippen LogP contribution >= 0.6 is 0 Å². The SMILES string of the molecule is C[C@@H](O[SiH-](C)(C)C(C)(C)C)c1cc(C(=O)O)n[nH]1. The molecule has 104 valence electrons. The van der Waals surface area contributed by atoms with E-state index in [1.165, 1.54) is 6.07 Å². The van der Waals surface area contributed by atoms with E-state index in [-0.39, 0.29) is 16.8 Å². The van der Waals surface area contributed by atoms with Gasteiger partial charge in [-0.05, 0) is 0 Å². The maximum atomic E-state index is 10.8. The topological polar surface area (TPSA) is 75.2 Å². The molecule has 0 bridgehead atoms. The molecule has 0 radical (unpaired) electrons. The fourth-order valence-corrected chi connectivity index (χ4v) is 3.02. The number of rotatable bonds is 4. The van der Waals surface area contributed by atoms with E-state index in [0.717, 1.165) is 0 Å². The van der Waals surface area contributed by atoms with Crippen LogP contribution in [0.3, 0.4) is 0 Å². The third-order valence-electron chi connectivity index (χ3n) is 3.88. The van der Waals surface area contributed by atoms with Crippen molar-refractivity contribution in [1.29, 1.82) is 0 Å². The van der Waals surface area contributed by atoms with Crippen LogP contribution in [0.4, 0.5) is 0 Å². The summed E-state index contributed by atoms with van der Waals surface area (Å²) in [7, 11) is -2.17. The number of aromatic amines is 1. The number of carboxylic acid groups (broad SMARTS) is 1. The van der Waals surface area contributed by atoms with Gasteiger partial charge in [-0.25, -0.2) is 0 Å². The van der Waals surface area contributed by atoms with Crippen molar-refractivity contribution in [3.63, 3.8) is 0 Å². The predicted octanol–water partition coefficient (Wildman–Crippen LogP) is 2.92. The monoisotopic (exact) mass is 271 g/mol. The van der Waals surface area contributed by atoms with Crippen LogP contribution in [-0.2, 0) is 4.43 Å². The van der Waals surface area contributed by atoms with Crippen molar-refractivity contribution in [2.75, 3.05) is 0 Å². The first kappa shape index (κ1) is 14.9. The van der Waals surface area contributed by atoms with Gasteiger partial charge in [-0.1, -0.05) is 0 Å². The van der Waals surface area contributed by atoms with Gasteiger partial charge < -0.3 is 0 Å². The van der Waals surface area contributed by atoms with Crippen LogP contribution in [0.25, 0.3) is 0 Å². The Kier molecular flexibility index (Phi) is 4.02. The summed E-state index contributed by atoms with van der Waals surface area (Å²) in [5.74, 6) is -1.03. The molecule has 0 saturated heterocycles. The van der Waals surface area contributed by atoms with Crippen LogP contribution in [0.2, 0.25) is 18.1 Å². The average Bonchev–Trinajstić information content (AvgIpc) is 2.63. The number of aromatic carboxylic acids is 1. The molecule has 2 N–H and O–H groups in total. The van der Waals surface area contributed by atoms with Crippen molar-refractivity contribution >= 4 is 14.3 Å². The molecule has 0 unspecified atom stereocenters. The van der Waals surface area contributed by atoms with Crippen LogP contribution in [0.1, 0.15) is 50.0 Å². The van der Waals surface area contributed by atoms with Crippen molar-refractivity contribution in [3.05, 3.63) is 17.5 Å². The Balaban J connectivity index is 2.82. The van der Waals surface area contributed by atoms with Gasteiger partial charge in [0.15, 0.2) is 0 Å². The Morgan fingerprint density at radius 3 is 2.44 bits per heavy atom. The van der Waals surface area contributed by atoms with Crippen molar-refractivity contribution in [2.24, 2.45) is 0 Å². The molecule has 1 heterocycles. The Morgan fingerprint density at radius 2 is 2.06 bits per heavy atom. The summed E-state index contributed by atoms with van der Waals surface area (Å²) >= 11 is 0. The Labute approximate surface area is 109 Å². The molecule has 0 aliphatic carbocycles. The fraction of sp³-hybridized carbons (Fsp3) is 0.667. The first-order valence-electron chi connectivity index (χ1n) is 6.23. The van der Waals surface area contributed by atoms with Gasteiger partial charge in [0.2, 0.25) is 0 Å². The summed E-state index contributed by atoms with van der Waals surface area (Å²) in [6.07, 6.45) is -0.162. The van der Waals surface area contributed by atoms with Gasteiger partial charge in [0.1, 0.15) is 0 Å². The van der Waals surface area contributed by atoms with Gasteiger partial charge in [-0.3, -0.25) is 0 Å². The minimum atomic E-state index is -2.17. The van der Waals surface area contributed by atoms with E-state index in [2.05, 4.69) is 44.1 Å². The molecule has 0 aromatic carbocycles. The summed E-state index contributed by atoms with van der Waals surface area (Å²) in [5, 5.41) is 15.5. The molecule has 6 heteroatoms. The summed E-state index contributed by atoms with van der Waals surface area (Å²) in [5.41, 5.74) is 0.740. The number of carboxylic acids is 1. The van der Waals surface area contributed by atoms with Gasteiger partial charge in [-0.2, -0.15) is 0 Å². The third kappa shape index (κ3) is 3.20. The zero-order valence-corrected chi connectivity index (χ0v) is 13.1. The van der Waals surface area contributed by atoms with E-state index < -0.39 is 14.3 Å². The quantitative estimate of drug-likeness (QED) is 0.826. The minimum absolute atomic E-state index is 0.0269. The normalized spacial score (nSPS) is 15.4. The molecule has 1 aromatic rings. The van der Waals surface area contributed by atoms with E-state index in [4.69, 9.17) is 9.53 Å². The second kappa shape index (κ2) is 4.85. The van der Waals surface area contributed by atoms with Crippen molar-refractivity contribution in [3.8, 4) is 0 Å². The molecule has 1 atom stereocenters. The van der Waals surface area contributed by atoms with Gasteiger partial charge in [0, 0.05) is 0 Å². The van der Waals surface area contributed by atoms with Crippen LogP contribution in [0, 0.1) is 0 Å². The van der Waals surface area contributed by atoms with Gasteiger partial charge in [0.25, 0.3) is 0 Å². The molecule has 0 fully saturated rings. The standard InChI is InChI=1S/C12H23N2O3Si/c1-8(17-18(5,6)12(2,3)4)9-7-10(11(15)16)14-13-9/h7-8,18H,1-6H3,(H,13,14)(H,15,16)/q-1/t8-/m1/s1. The molecule has 0 aliphatic rings. The first-order valence-corrected chi connectivity index (χ1v) is 9.59. The number of aromatic nitrogens is 2. The van der Waals surface area contributed by atoms with Crippen molar-refractivity contribution in [2.45, 2.75) is 51.9 Å².